The maximum Gasteiger partial charge on any atom is 0.229 e. The lowest BCUT2D eigenvalue weighted by Gasteiger charge is -2.10. The zero-order chi connectivity index (χ0) is 19.1. The number of hydrogen-bond donors (Lipinski definition) is 3. The third-order valence-electron chi connectivity index (χ3n) is 3.73. The molecule has 1 heterocycles. The normalized spacial score (nSPS) is 10.3. The Labute approximate surface area is 156 Å². The lowest BCUT2D eigenvalue weighted by molar-refractivity contribution is -0.114. The van der Waals surface area contributed by atoms with Crippen LogP contribution >= 0.6 is 0 Å². The molecule has 0 spiro atoms. The van der Waals surface area contributed by atoms with Crippen molar-refractivity contribution in [3.8, 4) is 0 Å². The van der Waals surface area contributed by atoms with Crippen molar-refractivity contribution in [3.63, 3.8) is 0 Å². The minimum Gasteiger partial charge on any atom is -0.370 e. The molecule has 0 atom stereocenters. The minimum atomic E-state index is -0.235. The van der Waals surface area contributed by atoms with Crippen LogP contribution in [0.3, 0.4) is 0 Å². The Kier molecular flexibility index (Phi) is 5.94. The summed E-state index contributed by atoms with van der Waals surface area (Å²) < 4.78 is 12.9. The van der Waals surface area contributed by atoms with Crippen LogP contribution in [0, 0.1) is 5.82 Å². The number of nitrogens with one attached hydrogen (secondary N) is 3. The van der Waals surface area contributed by atoms with Gasteiger partial charge in [0, 0.05) is 31.0 Å². The maximum absolute atomic E-state index is 12.9. The Morgan fingerprint density at radius 2 is 1.85 bits per heavy atom. The topological polar surface area (TPSA) is 78.9 Å². The van der Waals surface area contributed by atoms with Gasteiger partial charge in [0.05, 0.1) is 0 Å². The zero-order valence-electron chi connectivity index (χ0n) is 14.9. The molecule has 0 fully saturated rings. The van der Waals surface area contributed by atoms with Crippen LogP contribution in [0.15, 0.2) is 60.8 Å². The van der Waals surface area contributed by atoms with E-state index in [2.05, 4.69) is 25.9 Å². The lowest BCUT2D eigenvalue weighted by Crippen LogP contribution is -2.08. The summed E-state index contributed by atoms with van der Waals surface area (Å²) in [5.74, 6) is 0.769. The fourth-order valence-electron chi connectivity index (χ4n) is 2.51. The highest BCUT2D eigenvalue weighted by atomic mass is 19.1. The summed E-state index contributed by atoms with van der Waals surface area (Å²) in [6, 6.07) is 15.5. The summed E-state index contributed by atoms with van der Waals surface area (Å²) in [6.07, 6.45) is 2.42. The van der Waals surface area contributed by atoms with E-state index in [1.54, 1.807) is 36.5 Å². The molecule has 0 aliphatic heterocycles. The van der Waals surface area contributed by atoms with E-state index in [0.29, 0.717) is 24.0 Å². The van der Waals surface area contributed by atoms with E-state index >= 15 is 0 Å². The van der Waals surface area contributed by atoms with Crippen LogP contribution in [0.2, 0.25) is 0 Å². The Hall–Kier alpha value is -3.48. The summed E-state index contributed by atoms with van der Waals surface area (Å²) >= 11 is 0. The van der Waals surface area contributed by atoms with Crippen molar-refractivity contribution >= 4 is 29.0 Å². The number of carbonyl (C=O) groups is 1. The highest BCUT2D eigenvalue weighted by Gasteiger charge is 2.02. The molecule has 3 aromatic rings. The summed E-state index contributed by atoms with van der Waals surface area (Å²) in [6.45, 7) is 2.13. The molecule has 2 aromatic carbocycles. The van der Waals surface area contributed by atoms with Crippen LogP contribution in [-0.2, 0) is 11.2 Å². The first kappa shape index (κ1) is 18.3. The van der Waals surface area contributed by atoms with Gasteiger partial charge in [0.25, 0.3) is 0 Å². The van der Waals surface area contributed by atoms with E-state index in [1.165, 1.54) is 19.1 Å². The maximum atomic E-state index is 12.9. The summed E-state index contributed by atoms with van der Waals surface area (Å²) in [4.78, 5) is 19.8. The average molecular weight is 365 g/mol. The third kappa shape index (κ3) is 5.78. The fourth-order valence-corrected chi connectivity index (χ4v) is 2.51. The van der Waals surface area contributed by atoms with Crippen molar-refractivity contribution in [1.29, 1.82) is 0 Å². The summed E-state index contributed by atoms with van der Waals surface area (Å²) in [5, 5.41) is 9.08. The second-order valence-corrected chi connectivity index (χ2v) is 5.96. The number of carbonyl (C=O) groups excluding carboxylic acids is 1. The van der Waals surface area contributed by atoms with Gasteiger partial charge in [-0.05, 0) is 48.4 Å². The molecule has 0 aliphatic carbocycles. The molecule has 0 saturated carbocycles. The van der Waals surface area contributed by atoms with E-state index in [1.807, 2.05) is 12.1 Å². The van der Waals surface area contributed by atoms with Crippen LogP contribution in [-0.4, -0.2) is 22.4 Å². The van der Waals surface area contributed by atoms with Crippen LogP contribution in [0.4, 0.5) is 27.5 Å². The largest absolute Gasteiger partial charge is 0.370 e. The van der Waals surface area contributed by atoms with Gasteiger partial charge in [0.2, 0.25) is 11.9 Å². The van der Waals surface area contributed by atoms with Crippen molar-refractivity contribution in [1.82, 2.24) is 9.97 Å². The third-order valence-corrected chi connectivity index (χ3v) is 3.73. The Morgan fingerprint density at radius 1 is 1.07 bits per heavy atom. The molecule has 0 saturated heterocycles. The molecule has 0 aliphatic rings. The first-order chi connectivity index (χ1) is 13.1. The quantitative estimate of drug-likeness (QED) is 0.590. The number of nitrogens with zero attached hydrogens (tertiary/aromatic N) is 2. The van der Waals surface area contributed by atoms with Crippen molar-refractivity contribution < 1.29 is 9.18 Å². The van der Waals surface area contributed by atoms with Gasteiger partial charge in [-0.15, -0.1) is 0 Å². The number of halogens is 1. The van der Waals surface area contributed by atoms with Crippen LogP contribution in [0.25, 0.3) is 0 Å². The molecule has 1 aromatic heterocycles. The van der Waals surface area contributed by atoms with Crippen molar-refractivity contribution in [3.05, 3.63) is 72.2 Å². The number of amides is 1. The summed E-state index contributed by atoms with van der Waals surface area (Å²) in [5.41, 5.74) is 2.51. The van der Waals surface area contributed by atoms with Gasteiger partial charge < -0.3 is 16.0 Å². The molecule has 0 unspecified atom stereocenters. The van der Waals surface area contributed by atoms with Gasteiger partial charge in [0.15, 0.2) is 0 Å². The zero-order valence-corrected chi connectivity index (χ0v) is 14.9. The molecule has 7 heteroatoms. The summed E-state index contributed by atoms with van der Waals surface area (Å²) in [7, 11) is 0. The smallest absolute Gasteiger partial charge is 0.229 e. The van der Waals surface area contributed by atoms with E-state index in [4.69, 9.17) is 0 Å². The van der Waals surface area contributed by atoms with E-state index in [0.717, 1.165) is 17.7 Å². The van der Waals surface area contributed by atoms with Gasteiger partial charge in [-0.25, -0.2) is 9.37 Å². The number of aromatic nitrogens is 2. The Morgan fingerprint density at radius 3 is 2.63 bits per heavy atom. The van der Waals surface area contributed by atoms with Crippen LogP contribution < -0.4 is 16.0 Å². The molecule has 138 valence electrons. The van der Waals surface area contributed by atoms with E-state index in [9.17, 15) is 9.18 Å². The van der Waals surface area contributed by atoms with Crippen LogP contribution in [0.5, 0.6) is 0 Å². The molecule has 0 radical (unpaired) electrons. The first-order valence-electron chi connectivity index (χ1n) is 8.54. The molecule has 6 nitrogen and oxygen atoms in total. The van der Waals surface area contributed by atoms with Gasteiger partial charge in [-0.3, -0.25) is 4.79 Å². The molecule has 1 amide bonds. The fraction of sp³-hybridized carbons (Fsp3) is 0.150. The van der Waals surface area contributed by atoms with E-state index < -0.39 is 0 Å². The second kappa shape index (κ2) is 8.75. The Bertz CT molecular complexity index is 914. The van der Waals surface area contributed by atoms with Crippen molar-refractivity contribution in [2.24, 2.45) is 0 Å². The predicted octanol–water partition coefficient (Wildman–Crippen LogP) is 3.97. The number of benzene rings is 2. The van der Waals surface area contributed by atoms with Gasteiger partial charge in [-0.2, -0.15) is 4.98 Å². The van der Waals surface area contributed by atoms with Gasteiger partial charge in [0.1, 0.15) is 11.6 Å². The molecule has 27 heavy (non-hydrogen) atoms. The minimum absolute atomic E-state index is 0.129. The number of anilines is 4. The van der Waals surface area contributed by atoms with Crippen molar-refractivity contribution in [2.75, 3.05) is 22.5 Å². The highest BCUT2D eigenvalue weighted by molar-refractivity contribution is 5.89. The molecule has 0 bridgehead atoms. The molecular weight excluding hydrogens is 345 g/mol. The predicted molar refractivity (Wildman–Crippen MR) is 105 cm³/mol. The Balaban J connectivity index is 1.58. The number of rotatable bonds is 7. The van der Waals surface area contributed by atoms with Gasteiger partial charge >= 0.3 is 0 Å². The lowest BCUT2D eigenvalue weighted by atomic mass is 10.1. The molecule has 3 rings (SSSR count). The SMILES string of the molecule is CC(=O)Nc1cccc(Nc2nccc(NCCc3ccc(F)cc3)n2)c1. The average Bonchev–Trinajstić information content (AvgIpc) is 2.63. The van der Waals surface area contributed by atoms with Gasteiger partial charge in [-0.1, -0.05) is 18.2 Å². The van der Waals surface area contributed by atoms with E-state index in [-0.39, 0.29) is 11.7 Å². The van der Waals surface area contributed by atoms with Crippen molar-refractivity contribution in [2.45, 2.75) is 13.3 Å². The number of hydrogen-bond acceptors (Lipinski definition) is 5. The second-order valence-electron chi connectivity index (χ2n) is 5.96. The standard InChI is InChI=1S/C20H20FN5O/c1-14(27)24-17-3-2-4-18(13-17)25-20-23-12-10-19(26-20)22-11-9-15-5-7-16(21)8-6-15/h2-8,10,12-13H,9,11H2,1H3,(H,24,27)(H2,22,23,25,26). The first-order valence-corrected chi connectivity index (χ1v) is 8.54. The molecular formula is C20H20FN5O. The molecule has 3 N–H and O–H groups in total. The monoisotopic (exact) mass is 365 g/mol. The highest BCUT2D eigenvalue weighted by Crippen LogP contribution is 2.18. The van der Waals surface area contributed by atoms with Crippen LogP contribution in [0.1, 0.15) is 12.5 Å².